The van der Waals surface area contributed by atoms with Crippen LogP contribution in [0.25, 0.3) is 0 Å². The van der Waals surface area contributed by atoms with E-state index >= 15 is 0 Å². The lowest BCUT2D eigenvalue weighted by Gasteiger charge is -2.19. The van der Waals surface area contributed by atoms with Crippen molar-refractivity contribution in [1.29, 1.82) is 0 Å². The van der Waals surface area contributed by atoms with Crippen molar-refractivity contribution in [3.8, 4) is 0 Å². The Kier molecular flexibility index (Phi) is 4.06. The molecule has 0 fully saturated rings. The minimum Gasteiger partial charge on any atom is -0.373 e. The average Bonchev–Trinajstić information content (AvgIpc) is 2.50. The van der Waals surface area contributed by atoms with E-state index in [1.165, 1.54) is 18.1 Å². The molecule has 1 heterocycles. The first-order valence-corrected chi connectivity index (χ1v) is 7.56. The minimum absolute atomic E-state index is 0.310. The highest BCUT2D eigenvalue weighted by Crippen LogP contribution is 2.27. The molecular weight excluding hydrogens is 289 g/mol. The summed E-state index contributed by atoms with van der Waals surface area (Å²) in [6.45, 7) is 0. The van der Waals surface area contributed by atoms with E-state index < -0.39 is 0 Å². The van der Waals surface area contributed by atoms with Crippen LogP contribution in [0, 0.1) is 5.82 Å². The Labute approximate surface area is 128 Å². The molecular formula is C16H17ClFN3. The summed E-state index contributed by atoms with van der Waals surface area (Å²) < 4.78 is 13.9. The van der Waals surface area contributed by atoms with Crippen LogP contribution in [0.3, 0.4) is 0 Å². The molecule has 0 atom stereocenters. The number of nitrogens with one attached hydrogen (secondary N) is 1. The standard InChI is InChI=1S/C16H17ClFN3/c1-19-16-10-5-2-3-8-14(10)20-15(21-16)9-11-12(17)6-4-7-13(11)18/h4,6-7H,2-3,5,8-9H2,1H3,(H,19,20,21). The van der Waals surface area contributed by atoms with Crippen molar-refractivity contribution in [2.75, 3.05) is 12.4 Å². The third kappa shape index (κ3) is 2.86. The summed E-state index contributed by atoms with van der Waals surface area (Å²) in [5.41, 5.74) is 2.74. The van der Waals surface area contributed by atoms with Gasteiger partial charge in [-0.3, -0.25) is 0 Å². The van der Waals surface area contributed by atoms with Crippen LogP contribution < -0.4 is 5.32 Å². The number of anilines is 1. The molecule has 2 aromatic rings. The lowest BCUT2D eigenvalue weighted by atomic mass is 9.96. The van der Waals surface area contributed by atoms with Gasteiger partial charge in [-0.15, -0.1) is 0 Å². The fourth-order valence-corrected chi connectivity index (χ4v) is 3.02. The normalized spacial score (nSPS) is 13.9. The van der Waals surface area contributed by atoms with E-state index in [0.29, 0.717) is 22.8 Å². The summed E-state index contributed by atoms with van der Waals surface area (Å²) in [5.74, 6) is 1.17. The number of hydrogen-bond acceptors (Lipinski definition) is 3. The molecule has 0 radical (unpaired) electrons. The predicted molar refractivity (Wildman–Crippen MR) is 82.4 cm³/mol. The molecule has 1 aromatic heterocycles. The Balaban J connectivity index is 1.99. The van der Waals surface area contributed by atoms with Gasteiger partial charge in [-0.25, -0.2) is 14.4 Å². The summed E-state index contributed by atoms with van der Waals surface area (Å²) in [6.07, 6.45) is 4.60. The molecule has 1 aliphatic rings. The molecule has 1 aromatic carbocycles. The lowest BCUT2D eigenvalue weighted by molar-refractivity contribution is 0.610. The largest absolute Gasteiger partial charge is 0.373 e. The number of fused-ring (bicyclic) bond motifs is 1. The SMILES string of the molecule is CNc1nc(Cc2c(F)cccc2Cl)nc2c1CCCC2. The molecule has 0 saturated heterocycles. The molecule has 3 rings (SSSR count). The monoisotopic (exact) mass is 305 g/mol. The Bertz CT molecular complexity index is 635. The van der Waals surface area contributed by atoms with Crippen LogP contribution in [-0.4, -0.2) is 17.0 Å². The second-order valence-corrected chi connectivity index (χ2v) is 5.65. The maximum Gasteiger partial charge on any atom is 0.135 e. The van der Waals surface area contributed by atoms with E-state index in [4.69, 9.17) is 11.6 Å². The van der Waals surface area contributed by atoms with E-state index in [0.717, 1.165) is 30.8 Å². The molecule has 1 aliphatic carbocycles. The number of hydrogen-bond donors (Lipinski definition) is 1. The van der Waals surface area contributed by atoms with Crippen molar-refractivity contribution >= 4 is 17.4 Å². The van der Waals surface area contributed by atoms with Crippen molar-refractivity contribution in [3.63, 3.8) is 0 Å². The van der Waals surface area contributed by atoms with Crippen LogP contribution in [0.1, 0.15) is 35.5 Å². The second kappa shape index (κ2) is 5.98. The van der Waals surface area contributed by atoms with Crippen molar-refractivity contribution in [1.82, 2.24) is 9.97 Å². The van der Waals surface area contributed by atoms with Crippen molar-refractivity contribution < 1.29 is 4.39 Å². The van der Waals surface area contributed by atoms with Gasteiger partial charge >= 0.3 is 0 Å². The molecule has 0 bridgehead atoms. The first kappa shape index (κ1) is 14.3. The van der Waals surface area contributed by atoms with Crippen molar-refractivity contribution in [3.05, 3.63) is 51.7 Å². The minimum atomic E-state index is -0.310. The molecule has 5 heteroatoms. The fourth-order valence-electron chi connectivity index (χ4n) is 2.79. The number of aryl methyl sites for hydroxylation is 1. The summed E-state index contributed by atoms with van der Waals surface area (Å²) in [7, 11) is 1.86. The summed E-state index contributed by atoms with van der Waals surface area (Å²) in [6, 6.07) is 4.71. The highest BCUT2D eigenvalue weighted by Gasteiger charge is 2.18. The third-order valence-corrected chi connectivity index (χ3v) is 4.22. The number of rotatable bonds is 3. The van der Waals surface area contributed by atoms with Gasteiger partial charge in [0.05, 0.1) is 0 Å². The molecule has 0 aliphatic heterocycles. The lowest BCUT2D eigenvalue weighted by Crippen LogP contribution is -2.14. The van der Waals surface area contributed by atoms with E-state index in [2.05, 4.69) is 15.3 Å². The van der Waals surface area contributed by atoms with Gasteiger partial charge in [0.25, 0.3) is 0 Å². The van der Waals surface area contributed by atoms with Crippen LogP contribution in [0.5, 0.6) is 0 Å². The number of halogens is 2. The number of aromatic nitrogens is 2. The van der Waals surface area contributed by atoms with Gasteiger partial charge in [-0.05, 0) is 37.8 Å². The molecule has 1 N–H and O–H groups in total. The zero-order valence-corrected chi connectivity index (χ0v) is 12.7. The smallest absolute Gasteiger partial charge is 0.135 e. The average molecular weight is 306 g/mol. The van der Waals surface area contributed by atoms with E-state index in [-0.39, 0.29) is 5.82 Å². The van der Waals surface area contributed by atoms with Crippen LogP contribution in [0.4, 0.5) is 10.2 Å². The number of nitrogens with zero attached hydrogens (tertiary/aromatic N) is 2. The van der Waals surface area contributed by atoms with Crippen LogP contribution in [0.15, 0.2) is 18.2 Å². The molecule has 3 nitrogen and oxygen atoms in total. The Morgan fingerprint density at radius 2 is 2.05 bits per heavy atom. The fraction of sp³-hybridized carbons (Fsp3) is 0.375. The maximum atomic E-state index is 13.9. The zero-order valence-electron chi connectivity index (χ0n) is 11.9. The van der Waals surface area contributed by atoms with Crippen LogP contribution in [-0.2, 0) is 19.3 Å². The molecule has 110 valence electrons. The molecule has 0 amide bonds. The van der Waals surface area contributed by atoms with Gasteiger partial charge < -0.3 is 5.32 Å². The second-order valence-electron chi connectivity index (χ2n) is 5.25. The Morgan fingerprint density at radius 3 is 2.81 bits per heavy atom. The van der Waals surface area contributed by atoms with Gasteiger partial charge in [0, 0.05) is 35.3 Å². The Hall–Kier alpha value is -1.68. The highest BCUT2D eigenvalue weighted by molar-refractivity contribution is 6.31. The summed E-state index contributed by atoms with van der Waals surface area (Å²) >= 11 is 6.09. The quantitative estimate of drug-likeness (QED) is 0.938. The highest BCUT2D eigenvalue weighted by atomic mass is 35.5. The van der Waals surface area contributed by atoms with E-state index in [1.807, 2.05) is 7.05 Å². The van der Waals surface area contributed by atoms with Gasteiger partial charge in [0.1, 0.15) is 17.5 Å². The summed E-state index contributed by atoms with van der Waals surface area (Å²) in [4.78, 5) is 9.16. The first-order chi connectivity index (χ1) is 10.2. The van der Waals surface area contributed by atoms with Crippen molar-refractivity contribution in [2.45, 2.75) is 32.1 Å². The molecule has 0 spiro atoms. The summed E-state index contributed by atoms with van der Waals surface area (Å²) in [5, 5.41) is 3.55. The molecule has 21 heavy (non-hydrogen) atoms. The predicted octanol–water partition coefficient (Wildman–Crippen LogP) is 3.78. The van der Waals surface area contributed by atoms with E-state index in [9.17, 15) is 4.39 Å². The number of benzene rings is 1. The Morgan fingerprint density at radius 1 is 1.24 bits per heavy atom. The van der Waals surface area contributed by atoms with Gasteiger partial charge in [-0.2, -0.15) is 0 Å². The van der Waals surface area contributed by atoms with Crippen LogP contribution >= 0.6 is 11.6 Å². The molecule has 0 saturated carbocycles. The van der Waals surface area contributed by atoms with Gasteiger partial charge in [0.2, 0.25) is 0 Å². The third-order valence-electron chi connectivity index (χ3n) is 3.86. The zero-order chi connectivity index (χ0) is 14.8. The van der Waals surface area contributed by atoms with Crippen molar-refractivity contribution in [2.24, 2.45) is 0 Å². The van der Waals surface area contributed by atoms with E-state index in [1.54, 1.807) is 12.1 Å². The van der Waals surface area contributed by atoms with Crippen LogP contribution in [0.2, 0.25) is 5.02 Å². The maximum absolute atomic E-state index is 13.9. The topological polar surface area (TPSA) is 37.8 Å². The molecule has 0 unspecified atom stereocenters. The first-order valence-electron chi connectivity index (χ1n) is 7.18. The van der Waals surface area contributed by atoms with Gasteiger partial charge in [-0.1, -0.05) is 17.7 Å². The van der Waals surface area contributed by atoms with Gasteiger partial charge in [0.15, 0.2) is 0 Å².